The van der Waals surface area contributed by atoms with E-state index in [0.29, 0.717) is 31.3 Å². The van der Waals surface area contributed by atoms with E-state index in [9.17, 15) is 18.0 Å². The lowest BCUT2D eigenvalue weighted by atomic mass is 9.69. The zero-order chi connectivity index (χ0) is 23.0. The Bertz CT molecular complexity index is 831. The number of fused-ring (bicyclic) bond motifs is 3. The third kappa shape index (κ3) is 6.73. The maximum Gasteiger partial charge on any atom is 0.416 e. The topological polar surface area (TPSA) is 53.2 Å². The van der Waals surface area contributed by atoms with Crippen LogP contribution in [0.15, 0.2) is 54.6 Å². The van der Waals surface area contributed by atoms with E-state index >= 15 is 0 Å². The third-order valence-electron chi connectivity index (χ3n) is 6.29. The number of carbonyl (C=O) groups excluding carboxylic acids is 1. The number of benzene rings is 2. The van der Waals surface area contributed by atoms with Crippen molar-refractivity contribution in [2.75, 3.05) is 32.0 Å². The standard InChI is InChI=1S/C19H26F3N3O.C6H6/c1-23-7-6-18(26)25-10-12-2-3-13-11-24-17-5-4-14(19(20,21)22)9-16(17)15(13)8-12;1-2-4-6-5-3-1/h4-5,9,12-13,15,23-24H,2-3,6-8,10-11H2,1H3,(H,25,26);1-6H. The van der Waals surface area contributed by atoms with Crippen molar-refractivity contribution in [1.82, 2.24) is 10.6 Å². The lowest BCUT2D eigenvalue weighted by Gasteiger charge is -2.41. The second kappa shape index (κ2) is 11.4. The molecule has 3 atom stereocenters. The normalized spacial score (nSPS) is 21.8. The SMILES string of the molecule is CNCCC(=O)NCC1CCC2CNc3ccc(C(F)(F)F)cc3C2C1.c1ccccc1. The second-order valence-electron chi connectivity index (χ2n) is 8.54. The molecule has 2 aromatic rings. The lowest BCUT2D eigenvalue weighted by molar-refractivity contribution is -0.137. The highest BCUT2D eigenvalue weighted by atomic mass is 19.4. The minimum atomic E-state index is -4.32. The van der Waals surface area contributed by atoms with Gasteiger partial charge in [-0.2, -0.15) is 13.2 Å². The van der Waals surface area contributed by atoms with Crippen molar-refractivity contribution >= 4 is 11.6 Å². The molecule has 32 heavy (non-hydrogen) atoms. The van der Waals surface area contributed by atoms with Crippen molar-refractivity contribution in [3.8, 4) is 0 Å². The van der Waals surface area contributed by atoms with Gasteiger partial charge in [-0.15, -0.1) is 0 Å². The Morgan fingerprint density at radius 1 is 1.09 bits per heavy atom. The summed E-state index contributed by atoms with van der Waals surface area (Å²) in [5, 5.41) is 9.19. The van der Waals surface area contributed by atoms with Crippen molar-refractivity contribution in [3.05, 3.63) is 65.7 Å². The number of rotatable bonds is 5. The molecule has 0 aromatic heterocycles. The van der Waals surface area contributed by atoms with Crippen LogP contribution in [-0.4, -0.2) is 32.6 Å². The maximum absolute atomic E-state index is 13.1. The van der Waals surface area contributed by atoms with Crippen molar-refractivity contribution < 1.29 is 18.0 Å². The van der Waals surface area contributed by atoms with Crippen LogP contribution in [0.25, 0.3) is 0 Å². The van der Waals surface area contributed by atoms with E-state index in [1.165, 1.54) is 6.07 Å². The summed E-state index contributed by atoms with van der Waals surface area (Å²) in [6.45, 7) is 2.05. The Hall–Kier alpha value is -2.54. The minimum absolute atomic E-state index is 0.0199. The summed E-state index contributed by atoms with van der Waals surface area (Å²) in [4.78, 5) is 11.8. The Labute approximate surface area is 188 Å². The summed E-state index contributed by atoms with van der Waals surface area (Å²) >= 11 is 0. The largest absolute Gasteiger partial charge is 0.416 e. The smallest absolute Gasteiger partial charge is 0.385 e. The number of alkyl halides is 3. The summed E-state index contributed by atoms with van der Waals surface area (Å²) in [6, 6.07) is 16.0. The van der Waals surface area contributed by atoms with Gasteiger partial charge in [0.05, 0.1) is 5.56 Å². The molecule has 1 aliphatic heterocycles. The summed E-state index contributed by atoms with van der Waals surface area (Å²) in [7, 11) is 1.80. The fraction of sp³-hybridized carbons (Fsp3) is 0.480. The molecule has 0 bridgehead atoms. The first kappa shape index (κ1) is 24.1. The van der Waals surface area contributed by atoms with Crippen LogP contribution < -0.4 is 16.0 Å². The van der Waals surface area contributed by atoms with E-state index in [1.807, 2.05) is 36.4 Å². The first-order chi connectivity index (χ1) is 15.4. The highest BCUT2D eigenvalue weighted by Crippen LogP contribution is 2.47. The van der Waals surface area contributed by atoms with Gasteiger partial charge in [0.15, 0.2) is 0 Å². The molecule has 4 nitrogen and oxygen atoms in total. The molecule has 174 valence electrons. The average molecular weight is 448 g/mol. The molecule has 2 aromatic carbocycles. The number of anilines is 1. The maximum atomic E-state index is 13.1. The van der Waals surface area contributed by atoms with Gasteiger partial charge < -0.3 is 16.0 Å². The molecule has 3 unspecified atom stereocenters. The quantitative estimate of drug-likeness (QED) is 0.602. The number of carbonyl (C=O) groups is 1. The van der Waals surface area contributed by atoms with Gasteiger partial charge in [-0.25, -0.2) is 0 Å². The van der Waals surface area contributed by atoms with E-state index in [0.717, 1.165) is 43.1 Å². The number of amides is 1. The Morgan fingerprint density at radius 3 is 2.41 bits per heavy atom. The predicted octanol–water partition coefficient (Wildman–Crippen LogP) is 5.04. The van der Waals surface area contributed by atoms with Gasteiger partial charge in [0.25, 0.3) is 0 Å². The molecule has 4 rings (SSSR count). The minimum Gasteiger partial charge on any atom is -0.385 e. The van der Waals surface area contributed by atoms with Gasteiger partial charge in [-0.1, -0.05) is 36.4 Å². The molecule has 1 aliphatic carbocycles. The van der Waals surface area contributed by atoms with Crippen molar-refractivity contribution in [2.24, 2.45) is 11.8 Å². The zero-order valence-corrected chi connectivity index (χ0v) is 18.4. The highest BCUT2D eigenvalue weighted by Gasteiger charge is 2.38. The number of nitrogens with one attached hydrogen (secondary N) is 3. The van der Waals surface area contributed by atoms with Crippen LogP contribution in [-0.2, 0) is 11.0 Å². The summed E-state index contributed by atoms with van der Waals surface area (Å²) in [5.74, 6) is 0.825. The van der Waals surface area contributed by atoms with Gasteiger partial charge in [0, 0.05) is 31.7 Å². The van der Waals surface area contributed by atoms with Gasteiger partial charge in [-0.3, -0.25) is 4.79 Å². The number of hydrogen-bond donors (Lipinski definition) is 3. The van der Waals surface area contributed by atoms with Crippen LogP contribution in [0.4, 0.5) is 18.9 Å². The first-order valence-corrected chi connectivity index (χ1v) is 11.2. The van der Waals surface area contributed by atoms with Crippen LogP contribution >= 0.6 is 0 Å². The Balaban J connectivity index is 0.000000416. The molecule has 3 N–H and O–H groups in total. The van der Waals surface area contributed by atoms with Crippen LogP contribution in [0, 0.1) is 11.8 Å². The molecule has 0 saturated heterocycles. The first-order valence-electron chi connectivity index (χ1n) is 11.2. The van der Waals surface area contributed by atoms with Crippen LogP contribution in [0.5, 0.6) is 0 Å². The molecular weight excluding hydrogens is 415 g/mol. The van der Waals surface area contributed by atoms with Gasteiger partial charge in [-0.05, 0) is 67.8 Å². The average Bonchev–Trinajstić information content (AvgIpc) is 2.81. The number of halogens is 3. The Kier molecular flexibility index (Phi) is 8.56. The van der Waals surface area contributed by atoms with Crippen molar-refractivity contribution in [2.45, 2.75) is 37.8 Å². The van der Waals surface area contributed by atoms with E-state index < -0.39 is 11.7 Å². The van der Waals surface area contributed by atoms with E-state index in [-0.39, 0.29) is 11.8 Å². The highest BCUT2D eigenvalue weighted by molar-refractivity contribution is 5.76. The van der Waals surface area contributed by atoms with Crippen molar-refractivity contribution in [3.63, 3.8) is 0 Å². The second-order valence-corrected chi connectivity index (χ2v) is 8.54. The van der Waals surface area contributed by atoms with E-state index in [4.69, 9.17) is 0 Å². The van der Waals surface area contributed by atoms with Crippen LogP contribution in [0.2, 0.25) is 0 Å². The van der Waals surface area contributed by atoms with Crippen LogP contribution in [0.3, 0.4) is 0 Å². The lowest BCUT2D eigenvalue weighted by Crippen LogP contribution is -2.38. The summed E-state index contributed by atoms with van der Waals surface area (Å²) in [6.07, 6.45) is -1.07. The fourth-order valence-corrected chi connectivity index (χ4v) is 4.55. The van der Waals surface area contributed by atoms with E-state index in [1.54, 1.807) is 13.1 Å². The van der Waals surface area contributed by atoms with Crippen molar-refractivity contribution in [1.29, 1.82) is 0 Å². The molecule has 1 saturated carbocycles. The molecule has 7 heteroatoms. The van der Waals surface area contributed by atoms with Gasteiger partial charge in [0.1, 0.15) is 0 Å². The summed E-state index contributed by atoms with van der Waals surface area (Å²) in [5.41, 5.74) is 1.02. The predicted molar refractivity (Wildman–Crippen MR) is 122 cm³/mol. The molecule has 1 heterocycles. The van der Waals surface area contributed by atoms with Gasteiger partial charge >= 0.3 is 6.18 Å². The summed E-state index contributed by atoms with van der Waals surface area (Å²) < 4.78 is 39.3. The van der Waals surface area contributed by atoms with E-state index in [2.05, 4.69) is 16.0 Å². The molecule has 1 amide bonds. The molecule has 2 aliphatic rings. The fourth-order valence-electron chi connectivity index (χ4n) is 4.55. The monoisotopic (exact) mass is 447 g/mol. The number of hydrogen-bond acceptors (Lipinski definition) is 3. The molecular formula is C25H32F3N3O. The Morgan fingerprint density at radius 2 is 1.78 bits per heavy atom. The molecule has 1 fully saturated rings. The van der Waals surface area contributed by atoms with Crippen LogP contribution in [0.1, 0.15) is 42.7 Å². The molecule has 0 radical (unpaired) electrons. The third-order valence-corrected chi connectivity index (χ3v) is 6.29. The molecule has 0 spiro atoms. The zero-order valence-electron chi connectivity index (χ0n) is 18.4. The van der Waals surface area contributed by atoms with Gasteiger partial charge in [0.2, 0.25) is 5.91 Å².